The van der Waals surface area contributed by atoms with Crippen LogP contribution in [0.3, 0.4) is 0 Å². The van der Waals surface area contributed by atoms with Gasteiger partial charge in [-0.1, -0.05) is 40.2 Å². The largest absolute Gasteiger partial charge is 0.366 e. The van der Waals surface area contributed by atoms with E-state index in [2.05, 4.69) is 38.4 Å². The van der Waals surface area contributed by atoms with Crippen LogP contribution in [-0.2, 0) is 6.54 Å². The molecule has 0 bridgehead atoms. The molecular weight excluding hydrogens is 264 g/mol. The van der Waals surface area contributed by atoms with Crippen LogP contribution in [0.4, 0.5) is 5.82 Å². The van der Waals surface area contributed by atoms with Gasteiger partial charge in [-0.15, -0.1) is 0 Å². The summed E-state index contributed by atoms with van der Waals surface area (Å²) in [6.45, 7) is 2.81. The third kappa shape index (κ3) is 2.83. The highest BCUT2D eigenvalue weighted by molar-refractivity contribution is 9.10. The predicted octanol–water partition coefficient (Wildman–Crippen LogP) is 3.76. The highest BCUT2D eigenvalue weighted by Crippen LogP contribution is 2.16. The van der Waals surface area contributed by atoms with Crippen LogP contribution in [0.5, 0.6) is 0 Å². The van der Waals surface area contributed by atoms with Crippen molar-refractivity contribution >= 4 is 21.7 Å². The van der Waals surface area contributed by atoms with E-state index in [4.69, 9.17) is 0 Å². The second-order valence-electron chi connectivity index (χ2n) is 3.67. The molecule has 0 fully saturated rings. The van der Waals surface area contributed by atoms with Crippen LogP contribution >= 0.6 is 15.9 Å². The molecule has 2 aromatic rings. The number of nitrogens with one attached hydrogen (secondary N) is 1. The molecule has 3 heteroatoms. The second kappa shape index (κ2) is 5.12. The van der Waals surface area contributed by atoms with E-state index < -0.39 is 0 Å². The summed E-state index contributed by atoms with van der Waals surface area (Å²) >= 11 is 3.52. The molecule has 0 saturated heterocycles. The summed E-state index contributed by atoms with van der Waals surface area (Å²) in [6.07, 6.45) is 1.86. The number of anilines is 1. The number of pyridine rings is 1. The van der Waals surface area contributed by atoms with Crippen LogP contribution < -0.4 is 5.32 Å². The lowest BCUT2D eigenvalue weighted by Crippen LogP contribution is -2.01. The monoisotopic (exact) mass is 276 g/mol. The Morgan fingerprint density at radius 3 is 2.69 bits per heavy atom. The van der Waals surface area contributed by atoms with Gasteiger partial charge in [0.2, 0.25) is 0 Å². The zero-order valence-corrected chi connectivity index (χ0v) is 10.7. The van der Waals surface area contributed by atoms with E-state index in [1.165, 1.54) is 11.1 Å². The molecule has 0 spiro atoms. The van der Waals surface area contributed by atoms with Crippen LogP contribution in [0, 0.1) is 6.92 Å². The molecule has 16 heavy (non-hydrogen) atoms. The highest BCUT2D eigenvalue weighted by Gasteiger charge is 1.98. The lowest BCUT2D eigenvalue weighted by molar-refractivity contribution is 1.10. The highest BCUT2D eigenvalue weighted by atomic mass is 79.9. The Morgan fingerprint density at radius 1 is 1.19 bits per heavy atom. The molecular formula is C13H13BrN2. The molecule has 1 aromatic carbocycles. The fourth-order valence-electron chi connectivity index (χ4n) is 1.40. The van der Waals surface area contributed by atoms with Gasteiger partial charge < -0.3 is 5.32 Å². The van der Waals surface area contributed by atoms with Crippen molar-refractivity contribution in [1.82, 2.24) is 4.98 Å². The zero-order valence-electron chi connectivity index (χ0n) is 9.07. The first-order valence-electron chi connectivity index (χ1n) is 5.15. The summed E-state index contributed by atoms with van der Waals surface area (Å²) < 4.78 is 1.12. The average molecular weight is 277 g/mol. The Hall–Kier alpha value is -1.35. The second-order valence-corrected chi connectivity index (χ2v) is 4.52. The first-order valence-corrected chi connectivity index (χ1v) is 5.95. The van der Waals surface area contributed by atoms with Gasteiger partial charge in [-0.3, -0.25) is 0 Å². The molecule has 1 N–H and O–H groups in total. The summed E-state index contributed by atoms with van der Waals surface area (Å²) in [5, 5.41) is 3.29. The minimum absolute atomic E-state index is 0.775. The van der Waals surface area contributed by atoms with Gasteiger partial charge in [0.25, 0.3) is 0 Å². The number of hydrogen-bond donors (Lipinski definition) is 1. The summed E-state index contributed by atoms with van der Waals surface area (Å²) in [5.74, 6) is 0.904. The van der Waals surface area contributed by atoms with Crippen LogP contribution in [0.2, 0.25) is 0 Å². The SMILES string of the molecule is Cc1ccc(NCc2ccccc2Br)nc1. The molecule has 2 rings (SSSR count). The third-order valence-corrected chi connectivity index (χ3v) is 3.10. The zero-order chi connectivity index (χ0) is 11.4. The molecule has 0 aliphatic carbocycles. The van der Waals surface area contributed by atoms with Crippen LogP contribution in [0.25, 0.3) is 0 Å². The van der Waals surface area contributed by atoms with Gasteiger partial charge in [0.1, 0.15) is 5.82 Å². The Morgan fingerprint density at radius 2 is 2.00 bits per heavy atom. The Bertz CT molecular complexity index is 466. The maximum absolute atomic E-state index is 4.30. The number of aromatic nitrogens is 1. The van der Waals surface area contributed by atoms with E-state index in [0.29, 0.717) is 0 Å². The van der Waals surface area contributed by atoms with Crippen molar-refractivity contribution in [2.75, 3.05) is 5.32 Å². The van der Waals surface area contributed by atoms with E-state index in [0.717, 1.165) is 16.8 Å². The molecule has 0 radical (unpaired) electrons. The molecule has 1 heterocycles. The summed E-state index contributed by atoms with van der Waals surface area (Å²) in [4.78, 5) is 4.30. The van der Waals surface area contributed by atoms with E-state index in [1.807, 2.05) is 37.4 Å². The number of nitrogens with zero attached hydrogens (tertiary/aromatic N) is 1. The Kier molecular flexibility index (Phi) is 3.57. The number of halogens is 1. The van der Waals surface area contributed by atoms with Crippen molar-refractivity contribution in [3.8, 4) is 0 Å². The smallest absolute Gasteiger partial charge is 0.126 e. The fourth-order valence-corrected chi connectivity index (χ4v) is 1.82. The van der Waals surface area contributed by atoms with Crippen molar-refractivity contribution in [2.45, 2.75) is 13.5 Å². The standard InChI is InChI=1S/C13H13BrN2/c1-10-6-7-13(15-8-10)16-9-11-4-2-3-5-12(11)14/h2-8H,9H2,1H3,(H,15,16). The minimum atomic E-state index is 0.775. The van der Waals surface area contributed by atoms with Crippen LogP contribution in [0.15, 0.2) is 47.1 Å². The van der Waals surface area contributed by atoms with Gasteiger partial charge in [-0.2, -0.15) is 0 Å². The van der Waals surface area contributed by atoms with Gasteiger partial charge in [-0.25, -0.2) is 4.98 Å². The molecule has 0 saturated carbocycles. The van der Waals surface area contributed by atoms with E-state index in [-0.39, 0.29) is 0 Å². The molecule has 0 aliphatic heterocycles. The van der Waals surface area contributed by atoms with Gasteiger partial charge >= 0.3 is 0 Å². The van der Waals surface area contributed by atoms with Gasteiger partial charge in [0.15, 0.2) is 0 Å². The molecule has 2 nitrogen and oxygen atoms in total. The predicted molar refractivity (Wildman–Crippen MR) is 70.4 cm³/mol. The molecule has 82 valence electrons. The van der Waals surface area contributed by atoms with Crippen molar-refractivity contribution in [1.29, 1.82) is 0 Å². The van der Waals surface area contributed by atoms with Crippen LogP contribution in [-0.4, -0.2) is 4.98 Å². The number of rotatable bonds is 3. The van der Waals surface area contributed by atoms with Crippen LogP contribution in [0.1, 0.15) is 11.1 Å². The van der Waals surface area contributed by atoms with Crippen molar-refractivity contribution in [3.63, 3.8) is 0 Å². The van der Waals surface area contributed by atoms with Gasteiger partial charge in [-0.05, 0) is 30.2 Å². The molecule has 0 unspecified atom stereocenters. The summed E-state index contributed by atoms with van der Waals surface area (Å²) in [7, 11) is 0. The first-order chi connectivity index (χ1) is 7.75. The summed E-state index contributed by atoms with van der Waals surface area (Å²) in [5.41, 5.74) is 2.40. The van der Waals surface area contributed by atoms with Gasteiger partial charge in [0.05, 0.1) is 0 Å². The lowest BCUT2D eigenvalue weighted by Gasteiger charge is -2.07. The fraction of sp³-hybridized carbons (Fsp3) is 0.154. The van der Waals surface area contributed by atoms with Crippen molar-refractivity contribution in [3.05, 3.63) is 58.2 Å². The minimum Gasteiger partial charge on any atom is -0.366 e. The molecule has 0 aliphatic rings. The van der Waals surface area contributed by atoms with Gasteiger partial charge in [0, 0.05) is 17.2 Å². The molecule has 0 atom stereocenters. The topological polar surface area (TPSA) is 24.9 Å². The maximum atomic E-state index is 4.30. The Labute approximate surface area is 104 Å². The third-order valence-electron chi connectivity index (χ3n) is 2.33. The first kappa shape index (κ1) is 11.1. The Balaban J connectivity index is 2.02. The number of aryl methyl sites for hydroxylation is 1. The van der Waals surface area contributed by atoms with E-state index >= 15 is 0 Å². The maximum Gasteiger partial charge on any atom is 0.126 e. The quantitative estimate of drug-likeness (QED) is 0.923. The van der Waals surface area contributed by atoms with Crippen molar-refractivity contribution in [2.24, 2.45) is 0 Å². The van der Waals surface area contributed by atoms with E-state index in [9.17, 15) is 0 Å². The summed E-state index contributed by atoms with van der Waals surface area (Å²) in [6, 6.07) is 12.2. The lowest BCUT2D eigenvalue weighted by atomic mass is 10.2. The molecule has 1 aromatic heterocycles. The van der Waals surface area contributed by atoms with E-state index in [1.54, 1.807) is 0 Å². The van der Waals surface area contributed by atoms with Crippen molar-refractivity contribution < 1.29 is 0 Å². The number of benzene rings is 1. The number of hydrogen-bond acceptors (Lipinski definition) is 2. The molecule has 0 amide bonds. The average Bonchev–Trinajstić information content (AvgIpc) is 2.30. The normalized spacial score (nSPS) is 10.1.